The van der Waals surface area contributed by atoms with Crippen molar-refractivity contribution >= 4 is 64.4 Å². The van der Waals surface area contributed by atoms with E-state index in [9.17, 15) is 33.6 Å². The molecule has 2 fully saturated rings. The maximum Gasteiger partial charge on any atom is 0.247 e. The first-order valence-corrected chi connectivity index (χ1v) is 18.3. The van der Waals surface area contributed by atoms with Gasteiger partial charge in [0, 0.05) is 12.3 Å². The summed E-state index contributed by atoms with van der Waals surface area (Å²) in [4.78, 5) is 99.0. The van der Waals surface area contributed by atoms with Crippen molar-refractivity contribution in [3.8, 4) is 10.4 Å². The summed E-state index contributed by atoms with van der Waals surface area (Å²) in [5.41, 5.74) is 8.61. The Hall–Kier alpha value is -4.51. The van der Waals surface area contributed by atoms with Crippen LogP contribution in [0.15, 0.2) is 29.8 Å². The molecule has 2 aromatic rings. The third kappa shape index (κ3) is 9.59. The van der Waals surface area contributed by atoms with Crippen LogP contribution < -0.4 is 32.3 Å². The van der Waals surface area contributed by atoms with Gasteiger partial charge in [-0.25, -0.2) is 4.98 Å². The second-order valence-electron chi connectivity index (χ2n) is 13.4. The number of carbonyl (C=O) groups is 7. The van der Waals surface area contributed by atoms with Gasteiger partial charge in [0.05, 0.1) is 28.4 Å². The Bertz CT molecular complexity index is 1620. The predicted molar refractivity (Wildman–Crippen MR) is 188 cm³/mol. The number of carbonyl (C=O) groups excluding carboxylic acids is 7. The van der Waals surface area contributed by atoms with Crippen LogP contribution in [0.2, 0.25) is 0 Å². The fourth-order valence-corrected chi connectivity index (χ4v) is 7.34. The van der Waals surface area contributed by atoms with E-state index in [4.69, 9.17) is 5.73 Å². The van der Waals surface area contributed by atoms with Crippen LogP contribution in [-0.4, -0.2) is 100.0 Å². The molecule has 2 aliphatic heterocycles. The highest BCUT2D eigenvalue weighted by molar-refractivity contribution is 8.00. The number of aromatic nitrogens is 1. The summed E-state index contributed by atoms with van der Waals surface area (Å²) in [6.45, 7) is 8.45. The number of nitrogens with zero attached hydrogens (tertiary/aromatic N) is 2. The molecule has 0 aliphatic carbocycles. The molecular weight excluding hydrogens is 685 g/mol. The van der Waals surface area contributed by atoms with Crippen LogP contribution >= 0.6 is 23.1 Å². The van der Waals surface area contributed by atoms with E-state index >= 15 is 0 Å². The van der Waals surface area contributed by atoms with Gasteiger partial charge >= 0.3 is 0 Å². The summed E-state index contributed by atoms with van der Waals surface area (Å²) in [5.74, 6) is -4.61. The number of nitrogens with one attached hydrogen (secondary N) is 5. The number of thiazole rings is 1. The van der Waals surface area contributed by atoms with E-state index in [1.807, 2.05) is 19.1 Å². The van der Waals surface area contributed by atoms with E-state index in [-0.39, 0.29) is 18.1 Å². The summed E-state index contributed by atoms with van der Waals surface area (Å²) >= 11 is 2.50. The van der Waals surface area contributed by atoms with Gasteiger partial charge in [0.25, 0.3) is 0 Å². The molecule has 4 rings (SSSR count). The quantitative estimate of drug-likeness (QED) is 0.253. The fourth-order valence-electron chi connectivity index (χ4n) is 5.66. The van der Waals surface area contributed by atoms with Crippen molar-refractivity contribution in [3.63, 3.8) is 0 Å². The second-order valence-corrected chi connectivity index (χ2v) is 15.3. The van der Waals surface area contributed by atoms with Crippen LogP contribution in [0.5, 0.6) is 0 Å². The molecule has 0 radical (unpaired) electrons. The Morgan fingerprint density at radius 2 is 1.64 bits per heavy atom. The van der Waals surface area contributed by atoms with Crippen LogP contribution in [0, 0.1) is 12.3 Å². The number of fused-ring (bicyclic) bond motifs is 1. The molecule has 270 valence electrons. The summed E-state index contributed by atoms with van der Waals surface area (Å²) in [6, 6.07) is 1.58. The van der Waals surface area contributed by atoms with Crippen molar-refractivity contribution in [1.29, 1.82) is 0 Å². The number of hydrogen-bond donors (Lipinski definition) is 6. The van der Waals surface area contributed by atoms with Gasteiger partial charge in [-0.15, -0.1) is 23.1 Å². The average molecular weight is 729 g/mol. The molecule has 7 N–H and O–H groups in total. The van der Waals surface area contributed by atoms with Gasteiger partial charge in [0.2, 0.25) is 41.4 Å². The van der Waals surface area contributed by atoms with Gasteiger partial charge in [-0.2, -0.15) is 0 Å². The number of benzene rings is 1. The SMILES string of the molecule is Cc1ncsc1-c1ccc([C@H]2NC(=O)[C@@H]3CCCN3C(=O)[C@H](C(C)(C)C)NC(=O)CSC[C@H](C(N)=O)NC(=O)CNC(=O)[C@H](C)NC2=O)cc1. The highest BCUT2D eigenvalue weighted by atomic mass is 32.2. The molecule has 1 aromatic heterocycles. The average Bonchev–Trinajstić information content (AvgIpc) is 3.72. The van der Waals surface area contributed by atoms with Gasteiger partial charge < -0.3 is 37.2 Å². The summed E-state index contributed by atoms with van der Waals surface area (Å²) in [6.07, 6.45) is 0.867. The van der Waals surface area contributed by atoms with Gasteiger partial charge in [-0.05, 0) is 43.2 Å². The Morgan fingerprint density at radius 3 is 2.26 bits per heavy atom. The number of thioether (sulfide) groups is 1. The van der Waals surface area contributed by atoms with E-state index in [0.29, 0.717) is 18.4 Å². The standard InChI is InChI=1S/C33H44N8O7S2/c1-17-26(50-16-36-17)20-10-8-19(9-11-20)25-31(47)37-18(2)29(45)35-13-23(42)38-21(28(34)44)14-49-15-24(43)39-27(33(3,4)5)32(48)41-12-6-7-22(41)30(46)40-25/h8-11,16,18,21-22,25,27H,6-7,12-15H2,1-5H3,(H2,34,44)(H,35,45)(H,37,47)(H,38,42)(H,39,43)(H,40,46)/t18-,21+,22-,25+,27+/m0/s1. The number of aryl methyl sites for hydroxylation is 1. The lowest BCUT2D eigenvalue weighted by Gasteiger charge is -2.35. The summed E-state index contributed by atoms with van der Waals surface area (Å²) in [5, 5.41) is 13.1. The Morgan fingerprint density at radius 1 is 0.940 bits per heavy atom. The van der Waals surface area contributed by atoms with Crippen molar-refractivity contribution in [2.24, 2.45) is 11.1 Å². The van der Waals surface area contributed by atoms with Crippen molar-refractivity contribution in [3.05, 3.63) is 41.0 Å². The maximum absolute atomic E-state index is 14.0. The van der Waals surface area contributed by atoms with Crippen molar-refractivity contribution in [2.75, 3.05) is 24.6 Å². The van der Waals surface area contributed by atoms with Crippen molar-refractivity contribution in [1.82, 2.24) is 36.5 Å². The first kappa shape index (κ1) is 38.3. The van der Waals surface area contributed by atoms with Gasteiger partial charge in [-0.1, -0.05) is 45.0 Å². The molecular formula is C33H44N8O7S2. The Labute approximate surface area is 298 Å². The maximum atomic E-state index is 14.0. The minimum atomic E-state index is -1.25. The molecule has 0 saturated carbocycles. The van der Waals surface area contributed by atoms with Crippen molar-refractivity contribution in [2.45, 2.75) is 77.7 Å². The van der Waals surface area contributed by atoms with Crippen LogP contribution in [0.3, 0.4) is 0 Å². The Balaban J connectivity index is 1.67. The summed E-state index contributed by atoms with van der Waals surface area (Å²) in [7, 11) is 0. The lowest BCUT2D eigenvalue weighted by atomic mass is 9.85. The van der Waals surface area contributed by atoms with Gasteiger partial charge in [-0.3, -0.25) is 33.6 Å². The third-order valence-electron chi connectivity index (χ3n) is 8.43. The molecule has 5 atom stereocenters. The first-order chi connectivity index (χ1) is 23.6. The number of rotatable bonds is 3. The van der Waals surface area contributed by atoms with E-state index < -0.39 is 83.5 Å². The van der Waals surface area contributed by atoms with Gasteiger partial charge in [0.1, 0.15) is 30.2 Å². The van der Waals surface area contributed by atoms with E-state index in [1.54, 1.807) is 38.4 Å². The monoisotopic (exact) mass is 728 g/mol. The smallest absolute Gasteiger partial charge is 0.247 e. The minimum absolute atomic E-state index is 0.0381. The molecule has 7 amide bonds. The molecule has 2 saturated heterocycles. The van der Waals surface area contributed by atoms with E-state index in [2.05, 4.69) is 31.6 Å². The highest BCUT2D eigenvalue weighted by Crippen LogP contribution is 2.30. The largest absolute Gasteiger partial charge is 0.368 e. The lowest BCUT2D eigenvalue weighted by Crippen LogP contribution is -2.58. The first-order valence-electron chi connectivity index (χ1n) is 16.2. The van der Waals surface area contributed by atoms with Crippen LogP contribution in [0.1, 0.15) is 57.8 Å². The lowest BCUT2D eigenvalue weighted by molar-refractivity contribution is -0.144. The number of hydrogen-bond acceptors (Lipinski definition) is 10. The molecule has 2 aliphatic rings. The molecule has 0 spiro atoms. The number of amides is 7. The van der Waals surface area contributed by atoms with Gasteiger partial charge in [0.15, 0.2) is 0 Å². The zero-order valence-electron chi connectivity index (χ0n) is 28.7. The minimum Gasteiger partial charge on any atom is -0.368 e. The van der Waals surface area contributed by atoms with E-state index in [1.165, 1.54) is 23.2 Å². The second kappa shape index (κ2) is 16.5. The topological polar surface area (TPSA) is 222 Å². The highest BCUT2D eigenvalue weighted by Gasteiger charge is 2.43. The van der Waals surface area contributed by atoms with Crippen LogP contribution in [0.25, 0.3) is 10.4 Å². The molecule has 3 heterocycles. The van der Waals surface area contributed by atoms with Crippen LogP contribution in [-0.2, 0) is 33.6 Å². The zero-order valence-corrected chi connectivity index (χ0v) is 30.3. The summed E-state index contributed by atoms with van der Waals surface area (Å²) < 4.78 is 0. The normalized spacial score (nSPS) is 25.3. The molecule has 0 bridgehead atoms. The molecule has 17 heteroatoms. The number of primary amides is 1. The van der Waals surface area contributed by atoms with Crippen molar-refractivity contribution < 1.29 is 33.6 Å². The molecule has 50 heavy (non-hydrogen) atoms. The molecule has 0 unspecified atom stereocenters. The molecule has 15 nitrogen and oxygen atoms in total. The third-order valence-corrected chi connectivity index (χ3v) is 10.4. The fraction of sp³-hybridized carbons (Fsp3) is 0.515. The zero-order chi connectivity index (χ0) is 36.7. The van der Waals surface area contributed by atoms with Crippen LogP contribution in [0.4, 0.5) is 0 Å². The Kier molecular flexibility index (Phi) is 12.6. The predicted octanol–water partition coefficient (Wildman–Crippen LogP) is 0.136. The molecule has 1 aromatic carbocycles. The van der Waals surface area contributed by atoms with E-state index in [0.717, 1.165) is 27.9 Å². The number of nitrogens with two attached hydrogens (primary N) is 1.